The van der Waals surface area contributed by atoms with Gasteiger partial charge < -0.3 is 0 Å². The lowest BCUT2D eigenvalue weighted by molar-refractivity contribution is 0.908. The van der Waals surface area contributed by atoms with Gasteiger partial charge in [0.2, 0.25) is 0 Å². The first-order valence-electron chi connectivity index (χ1n) is 10.2. The zero-order chi connectivity index (χ0) is 20.2. The summed E-state index contributed by atoms with van der Waals surface area (Å²) in [7, 11) is 0. The van der Waals surface area contributed by atoms with Crippen LogP contribution in [0.3, 0.4) is 0 Å². The Balaban J connectivity index is 1.61. The second-order valence-corrected chi connectivity index (χ2v) is 7.72. The van der Waals surface area contributed by atoms with Crippen LogP contribution in [0, 0.1) is 10.8 Å². The molecule has 2 heterocycles. The first-order chi connectivity index (χ1) is 14.8. The molecule has 6 rings (SSSR count). The van der Waals surface area contributed by atoms with Crippen molar-refractivity contribution in [3.05, 3.63) is 90.1 Å². The fraction of sp³-hybridized carbons (Fsp3) is 0.0769. The number of rotatable bonds is 0. The van der Waals surface area contributed by atoms with Gasteiger partial charge in [0.05, 0.1) is 16.6 Å². The number of nitrogens with one attached hydrogen (secondary N) is 2. The summed E-state index contributed by atoms with van der Waals surface area (Å²) >= 11 is 0. The molecule has 1 aliphatic rings. The van der Waals surface area contributed by atoms with E-state index in [4.69, 9.17) is 10.8 Å². The number of benzene rings is 3. The summed E-state index contributed by atoms with van der Waals surface area (Å²) in [4.78, 5) is 0. The second kappa shape index (κ2) is 6.29. The predicted molar refractivity (Wildman–Crippen MR) is 125 cm³/mol. The normalized spacial score (nSPS) is 13.2. The van der Waals surface area contributed by atoms with Crippen LogP contribution in [-0.2, 0) is 6.42 Å². The summed E-state index contributed by atoms with van der Waals surface area (Å²) in [5.74, 6) is 0.389. The minimum absolute atomic E-state index is 0.186. The molecule has 0 amide bonds. The maximum atomic E-state index is 9.09. The van der Waals surface area contributed by atoms with E-state index >= 15 is 0 Å². The molecule has 2 aromatic heterocycles. The first kappa shape index (κ1) is 17.0. The van der Waals surface area contributed by atoms with Crippen LogP contribution < -0.4 is 0 Å². The smallest absolute Gasteiger partial charge is 0.173 e. The van der Waals surface area contributed by atoms with Crippen molar-refractivity contribution in [1.82, 2.24) is 9.13 Å². The van der Waals surface area contributed by atoms with Crippen LogP contribution in [0.2, 0.25) is 0 Å². The molecule has 0 unspecified atom stereocenters. The number of allylic oxidation sites excluding steroid dienone is 1. The Morgan fingerprint density at radius 1 is 0.633 bits per heavy atom. The van der Waals surface area contributed by atoms with Gasteiger partial charge in [0, 0.05) is 27.4 Å². The van der Waals surface area contributed by atoms with E-state index in [1.807, 2.05) is 57.7 Å². The minimum atomic E-state index is 0.186. The van der Waals surface area contributed by atoms with E-state index in [1.165, 1.54) is 5.56 Å². The Kier molecular flexibility index (Phi) is 3.56. The maximum absolute atomic E-state index is 9.09. The van der Waals surface area contributed by atoms with Gasteiger partial charge in [-0.3, -0.25) is 20.0 Å². The number of nitrogens with zero attached hydrogens (tertiary/aromatic N) is 2. The highest BCUT2D eigenvalue weighted by Crippen LogP contribution is 2.32. The van der Waals surface area contributed by atoms with Gasteiger partial charge in [-0.2, -0.15) is 0 Å². The van der Waals surface area contributed by atoms with Gasteiger partial charge >= 0.3 is 0 Å². The molecule has 0 aliphatic heterocycles. The third kappa shape index (κ3) is 2.22. The molecule has 0 saturated carbocycles. The fourth-order valence-corrected chi connectivity index (χ4v) is 4.80. The van der Waals surface area contributed by atoms with Gasteiger partial charge in [-0.15, -0.1) is 0 Å². The summed E-state index contributed by atoms with van der Waals surface area (Å²) in [5.41, 5.74) is 5.20. The van der Waals surface area contributed by atoms with Crippen molar-refractivity contribution in [3.8, 4) is 0 Å². The summed E-state index contributed by atoms with van der Waals surface area (Å²) < 4.78 is 3.88. The van der Waals surface area contributed by atoms with Crippen molar-refractivity contribution in [1.29, 1.82) is 10.8 Å². The van der Waals surface area contributed by atoms with Crippen molar-refractivity contribution in [2.75, 3.05) is 0 Å². The molecule has 0 atom stereocenters. The monoisotopic (exact) mass is 388 g/mol. The largest absolute Gasteiger partial charge is 0.295 e. The van der Waals surface area contributed by atoms with Crippen molar-refractivity contribution in [2.45, 2.75) is 12.8 Å². The van der Waals surface area contributed by atoms with Crippen molar-refractivity contribution < 1.29 is 0 Å². The van der Waals surface area contributed by atoms with Crippen molar-refractivity contribution >= 4 is 50.5 Å². The fourth-order valence-electron chi connectivity index (χ4n) is 4.80. The van der Waals surface area contributed by atoms with Crippen LogP contribution in [0.25, 0.3) is 38.8 Å². The highest BCUT2D eigenvalue weighted by Gasteiger charge is 2.23. The molecule has 0 fully saturated rings. The lowest BCUT2D eigenvalue weighted by atomic mass is 10.0. The zero-order valence-electron chi connectivity index (χ0n) is 16.4. The van der Waals surface area contributed by atoms with Crippen molar-refractivity contribution in [2.24, 2.45) is 0 Å². The quantitative estimate of drug-likeness (QED) is 0.239. The number of para-hydroxylation sites is 3. The van der Waals surface area contributed by atoms with E-state index in [-0.39, 0.29) is 11.7 Å². The molecule has 0 spiro atoms. The minimum Gasteiger partial charge on any atom is -0.295 e. The lowest BCUT2D eigenvalue weighted by Crippen LogP contribution is -2.28. The first-order valence-corrected chi connectivity index (χ1v) is 10.2. The van der Waals surface area contributed by atoms with Crippen LogP contribution in [0.1, 0.15) is 17.7 Å². The van der Waals surface area contributed by atoms with E-state index in [0.29, 0.717) is 0 Å². The number of hydrogen-bond donors (Lipinski definition) is 2. The van der Waals surface area contributed by atoms with Crippen LogP contribution in [-0.4, -0.2) is 20.8 Å². The molecule has 0 saturated heterocycles. The molecule has 5 aromatic rings. The molecular formula is C26H20N4. The Labute approximate surface area is 173 Å². The molecule has 3 aromatic carbocycles. The van der Waals surface area contributed by atoms with E-state index in [9.17, 15) is 0 Å². The molecule has 30 heavy (non-hydrogen) atoms. The molecule has 2 N–H and O–H groups in total. The molecular weight excluding hydrogens is 368 g/mol. The van der Waals surface area contributed by atoms with Gasteiger partial charge in [-0.05, 0) is 31.0 Å². The third-order valence-corrected chi connectivity index (χ3v) is 6.10. The molecule has 0 bridgehead atoms. The van der Waals surface area contributed by atoms with Gasteiger partial charge in [0.15, 0.2) is 11.7 Å². The molecule has 144 valence electrons. The Hall–Kier alpha value is -3.92. The van der Waals surface area contributed by atoms with Gasteiger partial charge in [0.25, 0.3) is 0 Å². The number of fused-ring (bicyclic) bond motifs is 6. The SMILES string of the molecule is N=C(C(=N)n1c2ccccc2c2ccccc21)n1c2c(c3ccccc31)C=CCC2. The van der Waals surface area contributed by atoms with E-state index in [2.05, 4.69) is 36.4 Å². The average Bonchev–Trinajstić information content (AvgIpc) is 3.31. The second-order valence-electron chi connectivity index (χ2n) is 7.72. The molecule has 0 radical (unpaired) electrons. The third-order valence-electron chi connectivity index (χ3n) is 6.10. The summed E-state index contributed by atoms with van der Waals surface area (Å²) in [6, 6.07) is 24.5. The lowest BCUT2D eigenvalue weighted by Gasteiger charge is -2.16. The van der Waals surface area contributed by atoms with Crippen LogP contribution >= 0.6 is 0 Å². The highest BCUT2D eigenvalue weighted by molar-refractivity contribution is 6.43. The Morgan fingerprint density at radius 3 is 1.77 bits per heavy atom. The van der Waals surface area contributed by atoms with E-state index in [1.54, 1.807) is 0 Å². The summed E-state index contributed by atoms with van der Waals surface area (Å²) in [5, 5.41) is 21.5. The molecule has 4 nitrogen and oxygen atoms in total. The topological polar surface area (TPSA) is 57.6 Å². The average molecular weight is 388 g/mol. The Bertz CT molecular complexity index is 1470. The van der Waals surface area contributed by atoms with Crippen LogP contribution in [0.4, 0.5) is 0 Å². The highest BCUT2D eigenvalue weighted by atomic mass is 15.1. The van der Waals surface area contributed by atoms with Gasteiger partial charge in [-0.1, -0.05) is 66.7 Å². The van der Waals surface area contributed by atoms with E-state index in [0.717, 1.165) is 51.2 Å². The van der Waals surface area contributed by atoms with Gasteiger partial charge in [-0.25, -0.2) is 0 Å². The standard InChI is InChI=1S/C26H20N4/c27-25(29-21-13-5-1-9-17(21)18-10-2-6-14-22(18)29)26(28)30-23-15-7-3-11-19(23)20-12-4-8-16-24(20)30/h1-7,9-15,27-28H,8,16H2. The predicted octanol–water partition coefficient (Wildman–Crippen LogP) is 6.06. The zero-order valence-corrected chi connectivity index (χ0v) is 16.4. The number of aromatic nitrogens is 2. The van der Waals surface area contributed by atoms with Crippen LogP contribution in [0.5, 0.6) is 0 Å². The maximum Gasteiger partial charge on any atom is 0.173 e. The molecule has 4 heteroatoms. The van der Waals surface area contributed by atoms with E-state index < -0.39 is 0 Å². The number of hydrogen-bond acceptors (Lipinski definition) is 2. The van der Waals surface area contributed by atoms with Gasteiger partial charge in [0.1, 0.15) is 0 Å². The summed E-state index contributed by atoms with van der Waals surface area (Å²) in [6.07, 6.45) is 6.19. The van der Waals surface area contributed by atoms with Crippen molar-refractivity contribution in [3.63, 3.8) is 0 Å². The molecule has 1 aliphatic carbocycles. The van der Waals surface area contributed by atoms with Crippen LogP contribution in [0.15, 0.2) is 78.9 Å². The summed E-state index contributed by atoms with van der Waals surface area (Å²) in [6.45, 7) is 0. The Morgan fingerprint density at radius 2 is 1.13 bits per heavy atom.